The summed E-state index contributed by atoms with van der Waals surface area (Å²) in [5, 5.41) is 10.9. The number of nitrogens with zero attached hydrogens (tertiary/aromatic N) is 5. The third-order valence-corrected chi connectivity index (χ3v) is 33.9. The summed E-state index contributed by atoms with van der Waals surface area (Å²) in [4.78, 5) is 19.8. The molecular weight excluding hydrogens is 1600 g/mol. The van der Waals surface area contributed by atoms with Gasteiger partial charge in [-0.1, -0.05) is 320 Å². The fraction of sp³-hybridized carbons (Fsp3) is 0.154. The summed E-state index contributed by atoms with van der Waals surface area (Å²) in [7, 11) is 0. The van der Waals surface area contributed by atoms with Gasteiger partial charge < -0.3 is 9.80 Å². The maximum atomic E-state index is 5.04. The van der Waals surface area contributed by atoms with E-state index in [-0.39, 0.29) is 32.5 Å². The van der Waals surface area contributed by atoms with E-state index in [4.69, 9.17) is 15.0 Å². The predicted molar refractivity (Wildman–Crippen MR) is 544 cm³/mol. The first-order valence-electron chi connectivity index (χ1n) is 43.9. The first kappa shape index (κ1) is 79.0. The highest BCUT2D eigenvalue weighted by atomic mass is 32.1. The highest BCUT2D eigenvalue weighted by Crippen LogP contribution is 2.62. The molecule has 5 nitrogen and oxygen atoms in total. The van der Waals surface area contributed by atoms with Gasteiger partial charge in [0.1, 0.15) is 0 Å². The highest BCUT2D eigenvalue weighted by molar-refractivity contribution is 7.27. The van der Waals surface area contributed by atoms with Crippen molar-refractivity contribution in [3.05, 3.63) is 391 Å². The average Bonchev–Trinajstić information content (AvgIpc) is 1.26. The van der Waals surface area contributed by atoms with Gasteiger partial charge in [-0.05, 0) is 210 Å². The Kier molecular flexibility index (Phi) is 18.7. The van der Waals surface area contributed by atoms with Crippen molar-refractivity contribution < 1.29 is 0 Å². The van der Waals surface area contributed by atoms with Gasteiger partial charge >= 0.3 is 0 Å². The molecule has 0 unspecified atom stereocenters. The molecule has 0 saturated heterocycles. The lowest BCUT2D eigenvalue weighted by Crippen LogP contribution is -2.43. The number of anilines is 6. The van der Waals surface area contributed by atoms with Crippen LogP contribution in [-0.4, -0.2) is 15.0 Å². The van der Waals surface area contributed by atoms with Crippen molar-refractivity contribution in [2.45, 2.75) is 116 Å². The van der Waals surface area contributed by atoms with Crippen LogP contribution in [0.5, 0.6) is 0 Å². The van der Waals surface area contributed by atoms with Crippen molar-refractivity contribution in [3.8, 4) is 67.5 Å². The third-order valence-electron chi connectivity index (χ3n) is 29.3. The van der Waals surface area contributed by atoms with Gasteiger partial charge in [-0.25, -0.2) is 15.0 Å². The van der Waals surface area contributed by atoms with Gasteiger partial charge in [0, 0.05) is 142 Å². The summed E-state index contributed by atoms with van der Waals surface area (Å²) in [5.41, 5.74) is 26.1. The molecule has 3 aliphatic rings. The summed E-state index contributed by atoms with van der Waals surface area (Å²) in [6, 6.07) is 130. The van der Waals surface area contributed by atoms with Crippen LogP contribution >= 0.6 is 45.3 Å². The van der Waals surface area contributed by atoms with Crippen LogP contribution in [0.25, 0.3) is 148 Å². The lowest BCUT2D eigenvalue weighted by Gasteiger charge is -2.49. The molecule has 0 saturated carbocycles. The first-order valence-corrected chi connectivity index (χ1v) is 47.1. The van der Waals surface area contributed by atoms with Gasteiger partial charge in [0.05, 0.1) is 0 Å². The summed E-state index contributed by atoms with van der Waals surface area (Å²) >= 11 is 7.60. The molecule has 0 N–H and O–H groups in total. The molecule has 126 heavy (non-hydrogen) atoms. The quantitative estimate of drug-likeness (QED) is 0.144. The third kappa shape index (κ3) is 12.4. The SMILES string of the molecule is CC1(C)c2cc(-c3nc(-c4ccccc4)nc(-c4ccccc4)n3)ccc2-c2c(ccc3c2sc2ccccc23)C1(C)C.CC1(C)c2cc(N(c3ccccc3)c3ccc4sc5ccccc5c4c3)ccc2-c2c(ccc3sc4ccccc4c23)C1(C)C.CC1(C)c2cc(N(c3ccccc3)c3ccccc3)ccc2-c2ccc3sc4ccccc4c3c2C1(C)C. The Labute approximate surface area is 753 Å². The molecule has 21 aromatic rings. The molecular formula is C117H95N5S4. The molecule has 24 rings (SSSR count). The Morgan fingerprint density at radius 2 is 0.548 bits per heavy atom. The van der Waals surface area contributed by atoms with Crippen LogP contribution < -0.4 is 9.80 Å². The van der Waals surface area contributed by atoms with Gasteiger partial charge in [-0.2, -0.15) is 0 Å². The molecule has 3 aliphatic carbocycles. The summed E-state index contributed by atoms with van der Waals surface area (Å²) in [6.07, 6.45) is 0. The zero-order valence-electron chi connectivity index (χ0n) is 72.9. The molecule has 0 fully saturated rings. The second kappa shape index (κ2) is 29.9. The molecule has 612 valence electrons. The number of fused-ring (bicyclic) bond motifs is 24. The molecule has 0 aliphatic heterocycles. The standard InChI is InChI=1S/C42H33NS2.C39H31N3S.C36H31NS/c1-41(2)33-21-23-38-40(31-15-9-11-17-36(31)45-38)39(33)30-20-18-28(25-34(30)42(41,3)4)43(26-12-6-5-7-13-26)27-19-22-37-32(24-27)29-14-8-10-16-35(29)44-37;1-38(2)30-22-21-28-27-17-11-12-18-32(27)43-34(28)33(30)29-20-19-26(23-31(29)39(38,3)4)37-41-35(24-13-7-5-8-14-24)40-36(42-37)25-15-9-6-10-16-25;1-35(2)30-23-26(37(24-13-7-5-8-14-24)25-15-9-6-10-16-25)19-20-27(30)28-21-22-32-33(34(28)36(35,3)4)29-17-11-12-18-31(29)38-32/h5-25H,1-4H3;5-23H,1-4H3;5-23H,1-4H3. The van der Waals surface area contributed by atoms with E-state index in [1.807, 2.05) is 81.7 Å². The van der Waals surface area contributed by atoms with Gasteiger partial charge in [0.2, 0.25) is 0 Å². The summed E-state index contributed by atoms with van der Waals surface area (Å²) in [6.45, 7) is 29.0. The number of hydrogen-bond donors (Lipinski definition) is 0. The molecule has 9 heteroatoms. The molecule has 0 amide bonds. The number of para-hydroxylation sites is 3. The van der Waals surface area contributed by atoms with Crippen molar-refractivity contribution in [2.24, 2.45) is 0 Å². The van der Waals surface area contributed by atoms with Crippen LogP contribution in [0, 0.1) is 0 Å². The molecule has 0 atom stereocenters. The van der Waals surface area contributed by atoms with Crippen molar-refractivity contribution in [1.82, 2.24) is 15.0 Å². The number of hydrogen-bond acceptors (Lipinski definition) is 9. The second-order valence-corrected chi connectivity index (χ2v) is 41.7. The first-order chi connectivity index (χ1) is 61.0. The van der Waals surface area contributed by atoms with Crippen molar-refractivity contribution in [3.63, 3.8) is 0 Å². The number of benzene rings is 16. The fourth-order valence-corrected chi connectivity index (χ4v) is 25.1. The monoisotopic (exact) mass is 1700 g/mol. The number of aromatic nitrogens is 3. The van der Waals surface area contributed by atoms with E-state index in [0.717, 1.165) is 22.4 Å². The van der Waals surface area contributed by atoms with Gasteiger partial charge in [0.25, 0.3) is 0 Å². The van der Waals surface area contributed by atoms with Crippen molar-refractivity contribution >= 4 is 160 Å². The second-order valence-electron chi connectivity index (χ2n) is 37.3. The lowest BCUT2D eigenvalue weighted by molar-refractivity contribution is 0.299. The Morgan fingerprint density at radius 1 is 0.206 bits per heavy atom. The molecule has 0 radical (unpaired) electrons. The van der Waals surface area contributed by atoms with Gasteiger partial charge in [0.15, 0.2) is 17.5 Å². The summed E-state index contributed by atoms with van der Waals surface area (Å²) in [5.74, 6) is 2.05. The lowest BCUT2D eigenvalue weighted by atomic mass is 9.55. The van der Waals surface area contributed by atoms with Crippen LogP contribution in [0.2, 0.25) is 0 Å². The zero-order valence-corrected chi connectivity index (χ0v) is 76.2. The van der Waals surface area contributed by atoms with E-state index in [1.54, 1.807) is 0 Å². The van der Waals surface area contributed by atoms with Gasteiger partial charge in [-0.3, -0.25) is 0 Å². The Morgan fingerprint density at radius 3 is 1.10 bits per heavy atom. The zero-order chi connectivity index (χ0) is 85.9. The highest BCUT2D eigenvalue weighted by Gasteiger charge is 2.50. The van der Waals surface area contributed by atoms with E-state index < -0.39 is 0 Å². The smallest absolute Gasteiger partial charge is 0.164 e. The normalized spacial score (nSPS) is 15.0. The Balaban J connectivity index is 0.000000112. The Hall–Kier alpha value is -13.0. The minimum absolute atomic E-state index is 0.0678. The molecule has 5 heterocycles. The number of thiophene rings is 4. The maximum absolute atomic E-state index is 5.04. The molecule has 5 aromatic heterocycles. The Bertz CT molecular complexity index is 7810. The topological polar surface area (TPSA) is 45.2 Å². The minimum Gasteiger partial charge on any atom is -0.310 e. The minimum atomic E-state index is -0.132. The molecule has 16 aromatic carbocycles. The maximum Gasteiger partial charge on any atom is 0.164 e. The van der Waals surface area contributed by atoms with Crippen molar-refractivity contribution in [1.29, 1.82) is 0 Å². The van der Waals surface area contributed by atoms with Crippen LogP contribution in [0.15, 0.2) is 358 Å². The van der Waals surface area contributed by atoms with Crippen LogP contribution in [0.3, 0.4) is 0 Å². The van der Waals surface area contributed by atoms with Crippen LogP contribution in [0.1, 0.15) is 116 Å². The van der Waals surface area contributed by atoms with E-state index in [2.05, 4.69) is 414 Å². The molecule has 0 bridgehead atoms. The van der Waals surface area contributed by atoms with Crippen molar-refractivity contribution in [2.75, 3.05) is 9.80 Å². The van der Waals surface area contributed by atoms with E-state index >= 15 is 0 Å². The number of rotatable bonds is 9. The van der Waals surface area contributed by atoms with Crippen LogP contribution in [0.4, 0.5) is 34.1 Å². The van der Waals surface area contributed by atoms with E-state index in [0.29, 0.717) is 17.5 Å². The van der Waals surface area contributed by atoms with E-state index in [9.17, 15) is 0 Å². The summed E-state index contributed by atoms with van der Waals surface area (Å²) < 4.78 is 10.8. The van der Waals surface area contributed by atoms with Crippen LogP contribution in [-0.2, 0) is 32.5 Å². The average molecular weight is 1700 g/mol. The molecule has 0 spiro atoms. The predicted octanol–water partition coefficient (Wildman–Crippen LogP) is 34.4. The van der Waals surface area contributed by atoms with E-state index in [1.165, 1.54) is 176 Å². The fourth-order valence-electron chi connectivity index (χ4n) is 20.5. The van der Waals surface area contributed by atoms with Gasteiger partial charge in [-0.15, -0.1) is 45.3 Å². The largest absolute Gasteiger partial charge is 0.310 e.